The minimum absolute atomic E-state index is 0.00691. The van der Waals surface area contributed by atoms with Gasteiger partial charge in [-0.15, -0.1) is 0 Å². The number of ether oxygens (including phenoxy) is 1. The monoisotopic (exact) mass is 275 g/mol. The van der Waals surface area contributed by atoms with Crippen LogP contribution in [0.25, 0.3) is 0 Å². The number of rotatable bonds is 2. The Bertz CT molecular complexity index is 522. The number of aliphatic hydroxyl groups is 2. The SMILES string of the molecule is C[C@]12O[C@H]1[C@@H](O)[C@]1(O)CCN(Cc3ccccc3)CC12. The number of aliphatic hydroxyl groups excluding tert-OH is 1. The average Bonchev–Trinajstić information content (AvgIpc) is 3.10. The van der Waals surface area contributed by atoms with Gasteiger partial charge in [-0.3, -0.25) is 4.90 Å². The van der Waals surface area contributed by atoms with Gasteiger partial charge >= 0.3 is 0 Å². The van der Waals surface area contributed by atoms with Crippen molar-refractivity contribution in [3.8, 4) is 0 Å². The number of benzene rings is 1. The minimum atomic E-state index is -0.954. The maximum absolute atomic E-state index is 10.8. The quantitative estimate of drug-likeness (QED) is 0.783. The number of hydrogen-bond donors (Lipinski definition) is 2. The molecule has 0 bridgehead atoms. The predicted molar refractivity (Wildman–Crippen MR) is 74.1 cm³/mol. The molecule has 1 unspecified atom stereocenters. The number of likely N-dealkylation sites (tertiary alicyclic amines) is 1. The molecule has 2 saturated heterocycles. The van der Waals surface area contributed by atoms with Gasteiger partial charge in [-0.2, -0.15) is 0 Å². The van der Waals surface area contributed by atoms with Crippen LogP contribution in [-0.2, 0) is 11.3 Å². The molecule has 108 valence electrons. The fraction of sp³-hybridized carbons (Fsp3) is 0.625. The summed E-state index contributed by atoms with van der Waals surface area (Å²) in [6.45, 7) is 4.52. The first-order valence-corrected chi connectivity index (χ1v) is 7.38. The van der Waals surface area contributed by atoms with E-state index in [0.29, 0.717) is 6.42 Å². The van der Waals surface area contributed by atoms with Gasteiger partial charge < -0.3 is 14.9 Å². The van der Waals surface area contributed by atoms with Crippen LogP contribution in [0.3, 0.4) is 0 Å². The highest BCUT2D eigenvalue weighted by Gasteiger charge is 2.76. The van der Waals surface area contributed by atoms with E-state index < -0.39 is 11.7 Å². The first kappa shape index (κ1) is 12.8. The van der Waals surface area contributed by atoms with Crippen LogP contribution in [-0.4, -0.2) is 51.6 Å². The molecular formula is C16H21NO3. The Kier molecular flexibility index (Phi) is 2.58. The third-order valence-corrected chi connectivity index (χ3v) is 5.50. The molecule has 0 radical (unpaired) electrons. The smallest absolute Gasteiger partial charge is 0.116 e. The molecule has 4 heteroatoms. The highest BCUT2D eigenvalue weighted by Crippen LogP contribution is 2.60. The van der Waals surface area contributed by atoms with Gasteiger partial charge in [0, 0.05) is 25.6 Å². The van der Waals surface area contributed by atoms with Gasteiger partial charge in [0.15, 0.2) is 0 Å². The van der Waals surface area contributed by atoms with Crippen molar-refractivity contribution in [2.75, 3.05) is 13.1 Å². The largest absolute Gasteiger partial charge is 0.387 e. The molecule has 2 heterocycles. The van der Waals surface area contributed by atoms with Crippen LogP contribution in [0.1, 0.15) is 18.9 Å². The van der Waals surface area contributed by atoms with Gasteiger partial charge in [-0.05, 0) is 18.9 Å². The Labute approximate surface area is 119 Å². The maximum Gasteiger partial charge on any atom is 0.116 e. The average molecular weight is 275 g/mol. The van der Waals surface area contributed by atoms with Crippen molar-refractivity contribution in [1.29, 1.82) is 0 Å². The van der Waals surface area contributed by atoms with Gasteiger partial charge in [0.25, 0.3) is 0 Å². The Morgan fingerprint density at radius 3 is 2.85 bits per heavy atom. The van der Waals surface area contributed by atoms with E-state index >= 15 is 0 Å². The number of hydrogen-bond acceptors (Lipinski definition) is 4. The van der Waals surface area contributed by atoms with Crippen LogP contribution in [0.15, 0.2) is 30.3 Å². The van der Waals surface area contributed by atoms with Gasteiger partial charge in [0.2, 0.25) is 0 Å². The Balaban J connectivity index is 1.52. The number of epoxide rings is 1. The summed E-state index contributed by atoms with van der Waals surface area (Å²) in [5.74, 6) is 0.00691. The Morgan fingerprint density at radius 2 is 2.10 bits per heavy atom. The lowest BCUT2D eigenvalue weighted by molar-refractivity contribution is -0.157. The van der Waals surface area contributed by atoms with Crippen LogP contribution in [0.2, 0.25) is 0 Å². The molecule has 4 nitrogen and oxygen atoms in total. The molecule has 1 aromatic rings. The van der Waals surface area contributed by atoms with Gasteiger partial charge in [-0.1, -0.05) is 30.3 Å². The third kappa shape index (κ3) is 1.62. The van der Waals surface area contributed by atoms with Crippen LogP contribution in [0.4, 0.5) is 0 Å². The molecule has 3 fully saturated rings. The lowest BCUT2D eigenvalue weighted by Crippen LogP contribution is -2.57. The second kappa shape index (κ2) is 4.04. The van der Waals surface area contributed by atoms with Crippen molar-refractivity contribution in [3.05, 3.63) is 35.9 Å². The summed E-state index contributed by atoms with van der Waals surface area (Å²) in [5, 5.41) is 21.0. The van der Waals surface area contributed by atoms with Crippen molar-refractivity contribution in [1.82, 2.24) is 4.90 Å². The van der Waals surface area contributed by atoms with E-state index in [9.17, 15) is 10.2 Å². The van der Waals surface area contributed by atoms with Gasteiger partial charge in [0.1, 0.15) is 23.4 Å². The molecule has 2 N–H and O–H groups in total. The number of piperidine rings is 1. The molecule has 20 heavy (non-hydrogen) atoms. The fourth-order valence-corrected chi connectivity index (χ4v) is 4.20. The second-order valence-corrected chi connectivity index (χ2v) is 6.68. The molecule has 2 aliphatic heterocycles. The summed E-state index contributed by atoms with van der Waals surface area (Å²) in [4.78, 5) is 2.36. The molecule has 1 saturated carbocycles. The summed E-state index contributed by atoms with van der Waals surface area (Å²) < 4.78 is 5.65. The summed E-state index contributed by atoms with van der Waals surface area (Å²) in [6.07, 6.45) is -0.272. The summed E-state index contributed by atoms with van der Waals surface area (Å²) in [7, 11) is 0. The van der Waals surface area contributed by atoms with Crippen LogP contribution < -0.4 is 0 Å². The summed E-state index contributed by atoms with van der Waals surface area (Å²) in [5.41, 5.74) is 0.00359. The first-order valence-electron chi connectivity index (χ1n) is 7.38. The third-order valence-electron chi connectivity index (χ3n) is 5.50. The molecule has 0 spiro atoms. The first-order chi connectivity index (χ1) is 9.54. The number of nitrogens with zero attached hydrogens (tertiary/aromatic N) is 1. The Hall–Kier alpha value is -0.940. The van der Waals surface area contributed by atoms with Crippen LogP contribution in [0.5, 0.6) is 0 Å². The molecule has 0 amide bonds. The zero-order valence-electron chi connectivity index (χ0n) is 11.7. The van der Waals surface area contributed by atoms with E-state index in [0.717, 1.165) is 19.6 Å². The van der Waals surface area contributed by atoms with Crippen molar-refractivity contribution in [2.24, 2.45) is 5.92 Å². The van der Waals surface area contributed by atoms with Crippen LogP contribution in [0, 0.1) is 5.92 Å². The normalized spacial score (nSPS) is 46.9. The second-order valence-electron chi connectivity index (χ2n) is 6.68. The Morgan fingerprint density at radius 1 is 1.35 bits per heavy atom. The summed E-state index contributed by atoms with van der Waals surface area (Å²) in [6, 6.07) is 10.4. The van der Waals surface area contributed by atoms with Crippen molar-refractivity contribution >= 4 is 0 Å². The van der Waals surface area contributed by atoms with E-state index in [1.54, 1.807) is 0 Å². The fourth-order valence-electron chi connectivity index (χ4n) is 4.20. The van der Waals surface area contributed by atoms with Crippen molar-refractivity contribution in [3.63, 3.8) is 0 Å². The number of fused-ring (bicyclic) bond motifs is 3. The van der Waals surface area contributed by atoms with Crippen molar-refractivity contribution < 1.29 is 14.9 Å². The topological polar surface area (TPSA) is 56.2 Å². The van der Waals surface area contributed by atoms with E-state index in [1.165, 1.54) is 5.56 Å². The van der Waals surface area contributed by atoms with E-state index in [1.807, 2.05) is 13.0 Å². The lowest BCUT2D eigenvalue weighted by Gasteiger charge is -2.44. The predicted octanol–water partition coefficient (Wildman–Crippen LogP) is 0.772. The van der Waals surface area contributed by atoms with Crippen molar-refractivity contribution in [2.45, 2.75) is 43.3 Å². The van der Waals surface area contributed by atoms with E-state index in [-0.39, 0.29) is 17.6 Å². The minimum Gasteiger partial charge on any atom is -0.387 e. The van der Waals surface area contributed by atoms with E-state index in [4.69, 9.17) is 4.74 Å². The maximum atomic E-state index is 10.8. The zero-order chi connectivity index (χ0) is 14.0. The van der Waals surface area contributed by atoms with Gasteiger partial charge in [0.05, 0.1) is 0 Å². The van der Waals surface area contributed by atoms with E-state index in [2.05, 4.69) is 29.2 Å². The summed E-state index contributed by atoms with van der Waals surface area (Å²) >= 11 is 0. The lowest BCUT2D eigenvalue weighted by atomic mass is 9.78. The highest BCUT2D eigenvalue weighted by molar-refractivity contribution is 5.26. The molecule has 0 aromatic heterocycles. The molecule has 5 atom stereocenters. The standard InChI is InChI=1S/C16H21NO3/c1-15-12-10-17(9-11-5-3-2-4-6-11)8-7-16(12,19)13(18)14(15)20-15/h2-6,12-14,18-19H,7-10H2,1H3/t12?,13-,14+,15-,16+/m1/s1. The van der Waals surface area contributed by atoms with Crippen LogP contribution >= 0.6 is 0 Å². The highest BCUT2D eigenvalue weighted by atomic mass is 16.6. The molecule has 4 rings (SSSR count). The molecule has 1 aliphatic carbocycles. The molecule has 1 aromatic carbocycles. The molecular weight excluding hydrogens is 254 g/mol. The van der Waals surface area contributed by atoms with Gasteiger partial charge in [-0.25, -0.2) is 0 Å². The zero-order valence-corrected chi connectivity index (χ0v) is 11.7. The molecule has 3 aliphatic rings.